The molecule has 0 saturated carbocycles. The number of carbonyl (C=O) groups is 1. The molecule has 0 spiro atoms. The first-order valence-electron chi connectivity index (χ1n) is 4.41. The van der Waals surface area contributed by atoms with Gasteiger partial charge in [-0.05, 0) is 6.42 Å². The van der Waals surface area contributed by atoms with Gasteiger partial charge in [-0.15, -0.1) is 10.2 Å². The molecule has 0 aromatic carbocycles. The summed E-state index contributed by atoms with van der Waals surface area (Å²) >= 11 is 0. The van der Waals surface area contributed by atoms with E-state index in [1.165, 1.54) is 0 Å². The van der Waals surface area contributed by atoms with E-state index in [0.29, 0.717) is 18.2 Å². The number of nitrogens with zero attached hydrogens (tertiary/aromatic N) is 2. The van der Waals surface area contributed by atoms with E-state index in [1.807, 2.05) is 6.92 Å². The van der Waals surface area contributed by atoms with Crippen LogP contribution >= 0.6 is 0 Å². The van der Waals surface area contributed by atoms with Gasteiger partial charge in [0.25, 0.3) is 0 Å². The van der Waals surface area contributed by atoms with Gasteiger partial charge in [0, 0.05) is 12.8 Å². The molecule has 0 aliphatic carbocycles. The van der Waals surface area contributed by atoms with E-state index < -0.39 is 0 Å². The maximum Gasteiger partial charge on any atom is 0.238 e. The average molecular weight is 181 g/mol. The molecule has 2 heterocycles. The third kappa shape index (κ3) is 1.54. The largest absolute Gasteiger partial charge is 0.423 e. The summed E-state index contributed by atoms with van der Waals surface area (Å²) < 4.78 is 5.33. The lowest BCUT2D eigenvalue weighted by molar-refractivity contribution is -0.119. The van der Waals surface area contributed by atoms with Gasteiger partial charge in [0.05, 0.1) is 0 Å². The summed E-state index contributed by atoms with van der Waals surface area (Å²) in [5.74, 6) is 1.21. The first kappa shape index (κ1) is 8.22. The Kier molecular flexibility index (Phi) is 2.00. The van der Waals surface area contributed by atoms with Gasteiger partial charge in [-0.25, -0.2) is 0 Å². The van der Waals surface area contributed by atoms with Crippen molar-refractivity contribution in [3.8, 4) is 0 Å². The molecule has 1 aliphatic rings. The van der Waals surface area contributed by atoms with Crippen LogP contribution in [0.25, 0.3) is 0 Å². The zero-order chi connectivity index (χ0) is 9.26. The molecular formula is C8H11N3O2. The lowest BCUT2D eigenvalue weighted by Gasteiger charge is -2.01. The number of amides is 1. The van der Waals surface area contributed by atoms with Crippen LogP contribution in [0, 0.1) is 0 Å². The van der Waals surface area contributed by atoms with Crippen LogP contribution in [-0.4, -0.2) is 16.1 Å². The van der Waals surface area contributed by atoms with E-state index >= 15 is 0 Å². The van der Waals surface area contributed by atoms with Crippen LogP contribution in [-0.2, 0) is 11.2 Å². The number of rotatable bonds is 2. The van der Waals surface area contributed by atoms with Crippen LogP contribution < -0.4 is 5.32 Å². The lowest BCUT2D eigenvalue weighted by atomic mass is 10.2. The summed E-state index contributed by atoms with van der Waals surface area (Å²) in [5.41, 5.74) is 0. The van der Waals surface area contributed by atoms with Crippen molar-refractivity contribution in [2.45, 2.75) is 32.2 Å². The molecular weight excluding hydrogens is 170 g/mol. The molecule has 5 nitrogen and oxygen atoms in total. The maximum atomic E-state index is 10.9. The van der Waals surface area contributed by atoms with Crippen LogP contribution in [0.5, 0.6) is 0 Å². The molecule has 2 rings (SSSR count). The van der Waals surface area contributed by atoms with Crippen LogP contribution in [0.2, 0.25) is 0 Å². The fourth-order valence-electron chi connectivity index (χ4n) is 1.35. The Morgan fingerprint density at radius 3 is 3.00 bits per heavy atom. The molecule has 1 atom stereocenters. The van der Waals surface area contributed by atoms with Crippen molar-refractivity contribution in [1.82, 2.24) is 15.5 Å². The minimum absolute atomic E-state index is 0.0567. The Morgan fingerprint density at radius 2 is 2.46 bits per heavy atom. The Labute approximate surface area is 75.5 Å². The van der Waals surface area contributed by atoms with Crippen molar-refractivity contribution >= 4 is 5.91 Å². The Balaban J connectivity index is 2.12. The molecule has 70 valence electrons. The highest BCUT2D eigenvalue weighted by Crippen LogP contribution is 2.22. The number of hydrogen-bond donors (Lipinski definition) is 1. The third-order valence-corrected chi connectivity index (χ3v) is 2.08. The van der Waals surface area contributed by atoms with Gasteiger partial charge in [-0.3, -0.25) is 4.79 Å². The second-order valence-electron chi connectivity index (χ2n) is 3.05. The van der Waals surface area contributed by atoms with Crippen molar-refractivity contribution < 1.29 is 9.21 Å². The summed E-state index contributed by atoms with van der Waals surface area (Å²) in [5, 5.41) is 10.5. The van der Waals surface area contributed by atoms with E-state index in [0.717, 1.165) is 12.8 Å². The Bertz CT molecular complexity index is 321. The molecule has 1 aromatic rings. The number of carbonyl (C=O) groups excluding carboxylic acids is 1. The van der Waals surface area contributed by atoms with Gasteiger partial charge >= 0.3 is 0 Å². The monoisotopic (exact) mass is 181 g/mol. The molecule has 0 radical (unpaired) electrons. The lowest BCUT2D eigenvalue weighted by Crippen LogP contribution is -2.18. The highest BCUT2D eigenvalue weighted by molar-refractivity contribution is 5.78. The van der Waals surface area contributed by atoms with E-state index in [4.69, 9.17) is 4.42 Å². The fourth-order valence-corrected chi connectivity index (χ4v) is 1.35. The molecule has 1 saturated heterocycles. The summed E-state index contributed by atoms with van der Waals surface area (Å²) in [6.45, 7) is 1.95. The second-order valence-corrected chi connectivity index (χ2v) is 3.05. The zero-order valence-electron chi connectivity index (χ0n) is 7.41. The predicted octanol–water partition coefficient (Wildman–Crippen LogP) is 0.583. The molecule has 0 unspecified atom stereocenters. The normalized spacial score (nSPS) is 21.9. The second kappa shape index (κ2) is 3.16. The summed E-state index contributed by atoms with van der Waals surface area (Å²) in [6, 6.07) is -0.0692. The zero-order valence-corrected chi connectivity index (χ0v) is 7.41. The minimum Gasteiger partial charge on any atom is -0.423 e. The van der Waals surface area contributed by atoms with Crippen LogP contribution in [0.3, 0.4) is 0 Å². The van der Waals surface area contributed by atoms with Crippen molar-refractivity contribution in [2.75, 3.05) is 0 Å². The van der Waals surface area contributed by atoms with Gasteiger partial charge in [0.1, 0.15) is 6.04 Å². The van der Waals surface area contributed by atoms with Crippen molar-refractivity contribution in [3.05, 3.63) is 11.8 Å². The summed E-state index contributed by atoms with van der Waals surface area (Å²) in [7, 11) is 0. The number of aryl methyl sites for hydroxylation is 1. The molecule has 5 heteroatoms. The highest BCUT2D eigenvalue weighted by Gasteiger charge is 2.26. The highest BCUT2D eigenvalue weighted by atomic mass is 16.4. The van der Waals surface area contributed by atoms with Gasteiger partial charge in [-0.1, -0.05) is 6.92 Å². The van der Waals surface area contributed by atoms with Crippen molar-refractivity contribution in [3.63, 3.8) is 0 Å². The predicted molar refractivity (Wildman–Crippen MR) is 43.8 cm³/mol. The fraction of sp³-hybridized carbons (Fsp3) is 0.625. The first-order chi connectivity index (χ1) is 6.29. The van der Waals surface area contributed by atoms with Crippen LogP contribution in [0.4, 0.5) is 0 Å². The SMILES string of the molecule is CCc1nnc([C@H]2CCC(=O)N2)o1. The molecule has 1 aliphatic heterocycles. The topological polar surface area (TPSA) is 68.0 Å². The number of hydrogen-bond acceptors (Lipinski definition) is 4. The van der Waals surface area contributed by atoms with E-state index in [1.54, 1.807) is 0 Å². The molecule has 13 heavy (non-hydrogen) atoms. The van der Waals surface area contributed by atoms with Gasteiger partial charge < -0.3 is 9.73 Å². The van der Waals surface area contributed by atoms with Crippen LogP contribution in [0.15, 0.2) is 4.42 Å². The van der Waals surface area contributed by atoms with Gasteiger partial charge in [0.15, 0.2) is 0 Å². The first-order valence-corrected chi connectivity index (χ1v) is 4.41. The molecule has 1 fully saturated rings. The van der Waals surface area contributed by atoms with Crippen LogP contribution in [0.1, 0.15) is 37.6 Å². The summed E-state index contributed by atoms with van der Waals surface area (Å²) in [4.78, 5) is 10.9. The molecule has 1 N–H and O–H groups in total. The summed E-state index contributed by atoms with van der Waals surface area (Å²) in [6.07, 6.45) is 2.03. The van der Waals surface area contributed by atoms with Gasteiger partial charge in [0.2, 0.25) is 17.7 Å². The number of nitrogens with one attached hydrogen (secondary N) is 1. The van der Waals surface area contributed by atoms with E-state index in [2.05, 4.69) is 15.5 Å². The average Bonchev–Trinajstić information content (AvgIpc) is 2.71. The van der Waals surface area contributed by atoms with Crippen molar-refractivity contribution in [2.24, 2.45) is 0 Å². The standard InChI is InChI=1S/C8H11N3O2/c1-2-7-10-11-8(13-7)5-3-4-6(12)9-5/h5H,2-4H2,1H3,(H,9,12)/t5-/m1/s1. The van der Waals surface area contributed by atoms with E-state index in [-0.39, 0.29) is 11.9 Å². The van der Waals surface area contributed by atoms with E-state index in [9.17, 15) is 4.79 Å². The quantitative estimate of drug-likeness (QED) is 0.724. The maximum absolute atomic E-state index is 10.9. The molecule has 1 aromatic heterocycles. The van der Waals surface area contributed by atoms with Crippen molar-refractivity contribution in [1.29, 1.82) is 0 Å². The minimum atomic E-state index is -0.0692. The molecule has 0 bridgehead atoms. The van der Waals surface area contributed by atoms with Gasteiger partial charge in [-0.2, -0.15) is 0 Å². The smallest absolute Gasteiger partial charge is 0.238 e. The Morgan fingerprint density at radius 1 is 1.62 bits per heavy atom. The molecule has 1 amide bonds. The third-order valence-electron chi connectivity index (χ3n) is 2.08. The Hall–Kier alpha value is -1.39. The number of aromatic nitrogens is 2.